The van der Waals surface area contributed by atoms with E-state index in [9.17, 15) is 13.2 Å². The highest BCUT2D eigenvalue weighted by atomic mass is 32.2. The molecule has 1 fully saturated rings. The molecule has 24 heavy (non-hydrogen) atoms. The number of para-hydroxylation sites is 1. The molecule has 2 aliphatic heterocycles. The lowest BCUT2D eigenvalue weighted by molar-refractivity contribution is 0.0989. The highest BCUT2D eigenvalue weighted by Crippen LogP contribution is 2.30. The van der Waals surface area contributed by atoms with E-state index in [0.717, 1.165) is 12.1 Å². The van der Waals surface area contributed by atoms with Gasteiger partial charge in [-0.2, -0.15) is 0 Å². The van der Waals surface area contributed by atoms with Gasteiger partial charge in [-0.1, -0.05) is 18.2 Å². The molecular weight excluding hydrogens is 324 g/mol. The summed E-state index contributed by atoms with van der Waals surface area (Å²) in [5, 5.41) is 0. The van der Waals surface area contributed by atoms with E-state index in [2.05, 4.69) is 0 Å². The third-order valence-corrected chi connectivity index (χ3v) is 6.50. The van der Waals surface area contributed by atoms with Crippen LogP contribution in [0.2, 0.25) is 0 Å². The molecule has 6 heteroatoms. The zero-order chi connectivity index (χ0) is 16.7. The summed E-state index contributed by atoms with van der Waals surface area (Å²) in [7, 11) is -3.19. The van der Waals surface area contributed by atoms with Gasteiger partial charge < -0.3 is 4.90 Å². The molecule has 0 N–H and O–H groups in total. The Morgan fingerprint density at radius 2 is 1.71 bits per heavy atom. The molecule has 5 nitrogen and oxygen atoms in total. The van der Waals surface area contributed by atoms with Crippen molar-refractivity contribution in [1.29, 1.82) is 0 Å². The Morgan fingerprint density at radius 1 is 0.958 bits per heavy atom. The van der Waals surface area contributed by atoms with Crippen molar-refractivity contribution >= 4 is 27.3 Å². The van der Waals surface area contributed by atoms with Gasteiger partial charge in [0.1, 0.15) is 0 Å². The second-order valence-corrected chi connectivity index (χ2v) is 8.14. The SMILES string of the molecule is O=C(c1ccc(N2CCCS2(=O)=O)cc1)N1CCc2ccccc21. The van der Waals surface area contributed by atoms with Crippen molar-refractivity contribution in [2.45, 2.75) is 12.8 Å². The fraction of sp³-hybridized carbons (Fsp3) is 0.278. The van der Waals surface area contributed by atoms with Crippen LogP contribution in [0.1, 0.15) is 22.3 Å². The Balaban J connectivity index is 1.59. The number of benzene rings is 2. The first-order valence-electron chi connectivity index (χ1n) is 8.06. The van der Waals surface area contributed by atoms with E-state index in [0.29, 0.717) is 30.8 Å². The summed E-state index contributed by atoms with van der Waals surface area (Å²) in [6.07, 6.45) is 1.51. The quantitative estimate of drug-likeness (QED) is 0.842. The number of fused-ring (bicyclic) bond motifs is 1. The first kappa shape index (κ1) is 15.2. The maximum atomic E-state index is 12.8. The van der Waals surface area contributed by atoms with Crippen LogP contribution in [0.25, 0.3) is 0 Å². The normalized spacial score (nSPS) is 18.7. The molecule has 0 aromatic heterocycles. The highest BCUT2D eigenvalue weighted by Gasteiger charge is 2.29. The molecule has 1 saturated heterocycles. The molecule has 0 saturated carbocycles. The molecule has 0 atom stereocenters. The maximum absolute atomic E-state index is 12.8. The molecule has 2 aromatic carbocycles. The van der Waals surface area contributed by atoms with Crippen LogP contribution in [-0.4, -0.2) is 33.2 Å². The molecular formula is C18H18N2O3S. The molecule has 2 heterocycles. The van der Waals surface area contributed by atoms with E-state index in [-0.39, 0.29) is 11.7 Å². The Labute approximate surface area is 141 Å². The zero-order valence-corrected chi connectivity index (χ0v) is 14.0. The summed E-state index contributed by atoms with van der Waals surface area (Å²) < 4.78 is 25.4. The van der Waals surface area contributed by atoms with Crippen molar-refractivity contribution in [3.63, 3.8) is 0 Å². The lowest BCUT2D eigenvalue weighted by atomic mass is 10.1. The van der Waals surface area contributed by atoms with E-state index >= 15 is 0 Å². The van der Waals surface area contributed by atoms with Crippen LogP contribution in [0.4, 0.5) is 11.4 Å². The van der Waals surface area contributed by atoms with Crippen LogP contribution in [0.5, 0.6) is 0 Å². The molecule has 1 amide bonds. The Hall–Kier alpha value is -2.34. The second kappa shape index (κ2) is 5.63. The number of rotatable bonds is 2. The smallest absolute Gasteiger partial charge is 0.258 e. The number of carbonyl (C=O) groups is 1. The number of hydrogen-bond donors (Lipinski definition) is 0. The fourth-order valence-electron chi connectivity index (χ4n) is 3.40. The van der Waals surface area contributed by atoms with Crippen LogP contribution in [-0.2, 0) is 16.4 Å². The molecule has 0 spiro atoms. The molecule has 0 aliphatic carbocycles. The van der Waals surface area contributed by atoms with Crippen LogP contribution in [0.15, 0.2) is 48.5 Å². The standard InChI is InChI=1S/C18H18N2O3S/c21-18(19-12-10-14-4-1-2-5-17(14)19)15-6-8-16(9-7-15)20-11-3-13-24(20,22)23/h1-2,4-9H,3,10-13H2. The number of amides is 1. The summed E-state index contributed by atoms with van der Waals surface area (Å²) in [6.45, 7) is 1.19. The molecule has 0 bridgehead atoms. The van der Waals surface area contributed by atoms with Gasteiger partial charge in [-0.3, -0.25) is 9.10 Å². The van der Waals surface area contributed by atoms with E-state index in [4.69, 9.17) is 0 Å². The van der Waals surface area contributed by atoms with Crippen molar-refractivity contribution in [3.05, 3.63) is 59.7 Å². The predicted octanol–water partition coefficient (Wildman–Crippen LogP) is 2.43. The first-order valence-corrected chi connectivity index (χ1v) is 9.67. The summed E-state index contributed by atoms with van der Waals surface area (Å²) in [5.41, 5.74) is 3.36. The van der Waals surface area contributed by atoms with E-state index in [1.807, 2.05) is 24.3 Å². The average Bonchev–Trinajstić information content (AvgIpc) is 3.17. The lowest BCUT2D eigenvalue weighted by Crippen LogP contribution is -2.29. The number of sulfonamides is 1. The van der Waals surface area contributed by atoms with Crippen molar-refractivity contribution in [1.82, 2.24) is 0 Å². The monoisotopic (exact) mass is 342 g/mol. The third kappa shape index (κ3) is 2.47. The highest BCUT2D eigenvalue weighted by molar-refractivity contribution is 7.93. The van der Waals surface area contributed by atoms with Gasteiger partial charge in [-0.15, -0.1) is 0 Å². The van der Waals surface area contributed by atoms with E-state index in [1.54, 1.807) is 29.2 Å². The first-order chi connectivity index (χ1) is 11.6. The van der Waals surface area contributed by atoms with Gasteiger partial charge >= 0.3 is 0 Å². The summed E-state index contributed by atoms with van der Waals surface area (Å²) in [6, 6.07) is 14.8. The Kier molecular flexibility index (Phi) is 3.57. The van der Waals surface area contributed by atoms with Gasteiger partial charge in [0.2, 0.25) is 10.0 Å². The number of anilines is 2. The van der Waals surface area contributed by atoms with Crippen molar-refractivity contribution < 1.29 is 13.2 Å². The number of hydrogen-bond acceptors (Lipinski definition) is 3. The van der Waals surface area contributed by atoms with Crippen LogP contribution in [0, 0.1) is 0 Å². The van der Waals surface area contributed by atoms with Gasteiger partial charge in [0, 0.05) is 24.3 Å². The maximum Gasteiger partial charge on any atom is 0.258 e. The molecule has 124 valence electrons. The van der Waals surface area contributed by atoms with Gasteiger partial charge in [0.05, 0.1) is 11.4 Å². The largest absolute Gasteiger partial charge is 0.308 e. The van der Waals surface area contributed by atoms with Gasteiger partial charge in [-0.05, 0) is 48.7 Å². The van der Waals surface area contributed by atoms with Crippen molar-refractivity contribution in [2.75, 3.05) is 28.0 Å². The van der Waals surface area contributed by atoms with Gasteiger partial charge in [0.25, 0.3) is 5.91 Å². The molecule has 0 radical (unpaired) electrons. The van der Waals surface area contributed by atoms with E-state index in [1.165, 1.54) is 9.87 Å². The molecule has 0 unspecified atom stereocenters. The van der Waals surface area contributed by atoms with Gasteiger partial charge in [-0.25, -0.2) is 8.42 Å². The Morgan fingerprint density at radius 3 is 2.42 bits per heavy atom. The van der Waals surface area contributed by atoms with Crippen LogP contribution < -0.4 is 9.21 Å². The van der Waals surface area contributed by atoms with Crippen molar-refractivity contribution in [3.8, 4) is 0 Å². The van der Waals surface area contributed by atoms with Crippen LogP contribution >= 0.6 is 0 Å². The zero-order valence-electron chi connectivity index (χ0n) is 13.2. The predicted molar refractivity (Wildman–Crippen MR) is 94.0 cm³/mol. The summed E-state index contributed by atoms with van der Waals surface area (Å²) >= 11 is 0. The summed E-state index contributed by atoms with van der Waals surface area (Å²) in [5.74, 6) is 0.147. The molecule has 2 aromatic rings. The minimum atomic E-state index is -3.19. The minimum Gasteiger partial charge on any atom is -0.308 e. The third-order valence-electron chi connectivity index (χ3n) is 4.63. The molecule has 4 rings (SSSR count). The van der Waals surface area contributed by atoms with Crippen molar-refractivity contribution in [2.24, 2.45) is 0 Å². The molecule has 2 aliphatic rings. The van der Waals surface area contributed by atoms with Gasteiger partial charge in [0.15, 0.2) is 0 Å². The van der Waals surface area contributed by atoms with E-state index < -0.39 is 10.0 Å². The van der Waals surface area contributed by atoms with Crippen LogP contribution in [0.3, 0.4) is 0 Å². The number of nitrogens with zero attached hydrogens (tertiary/aromatic N) is 2. The second-order valence-electron chi connectivity index (χ2n) is 6.12. The number of carbonyl (C=O) groups excluding carboxylic acids is 1. The Bertz CT molecular complexity index is 891. The fourth-order valence-corrected chi connectivity index (χ4v) is 4.97. The summed E-state index contributed by atoms with van der Waals surface area (Å²) in [4.78, 5) is 14.6. The topological polar surface area (TPSA) is 57.7 Å². The lowest BCUT2D eigenvalue weighted by Gasteiger charge is -2.19. The average molecular weight is 342 g/mol. The minimum absolute atomic E-state index is 0.0456.